The topological polar surface area (TPSA) is 38.7 Å². The van der Waals surface area contributed by atoms with Gasteiger partial charge in [-0.15, -0.1) is 0 Å². The molecule has 1 saturated carbocycles. The Morgan fingerprint density at radius 1 is 1.31 bits per heavy atom. The molecule has 16 heavy (non-hydrogen) atoms. The van der Waals surface area contributed by atoms with E-state index in [4.69, 9.17) is 9.47 Å². The van der Waals surface area contributed by atoms with Crippen LogP contribution in [0.15, 0.2) is 0 Å². The maximum absolute atomic E-state index is 10.0. The number of aliphatic hydroxyl groups is 1. The molecule has 3 heteroatoms. The molecule has 0 spiro atoms. The van der Waals surface area contributed by atoms with Gasteiger partial charge in [0.05, 0.1) is 17.3 Å². The van der Waals surface area contributed by atoms with E-state index in [2.05, 4.69) is 13.8 Å². The van der Waals surface area contributed by atoms with E-state index >= 15 is 0 Å². The van der Waals surface area contributed by atoms with Gasteiger partial charge in [0.15, 0.2) is 0 Å². The zero-order chi connectivity index (χ0) is 12.2. The molecule has 1 aliphatic rings. The van der Waals surface area contributed by atoms with Crippen molar-refractivity contribution in [3.63, 3.8) is 0 Å². The summed E-state index contributed by atoms with van der Waals surface area (Å²) in [5.74, 6) is 0. The molecular weight excluding hydrogens is 204 g/mol. The van der Waals surface area contributed by atoms with Crippen molar-refractivity contribution in [2.45, 2.75) is 69.7 Å². The monoisotopic (exact) mass is 230 g/mol. The molecule has 3 nitrogen and oxygen atoms in total. The molecule has 96 valence electrons. The Bertz CT molecular complexity index is 204. The Morgan fingerprint density at radius 3 is 2.31 bits per heavy atom. The van der Waals surface area contributed by atoms with E-state index in [1.165, 1.54) is 6.42 Å². The van der Waals surface area contributed by atoms with Crippen molar-refractivity contribution >= 4 is 0 Å². The van der Waals surface area contributed by atoms with E-state index in [1.807, 2.05) is 0 Å². The number of ether oxygens (including phenoxy) is 2. The molecule has 0 aromatic carbocycles. The van der Waals surface area contributed by atoms with Crippen LogP contribution in [-0.4, -0.2) is 36.6 Å². The molecule has 0 heterocycles. The zero-order valence-electron chi connectivity index (χ0n) is 11.1. The first-order chi connectivity index (χ1) is 7.43. The van der Waals surface area contributed by atoms with Crippen molar-refractivity contribution in [1.29, 1.82) is 0 Å². The first-order valence-electron chi connectivity index (χ1n) is 6.21. The standard InChI is InChI=1S/C13H26O3/c1-12(2,15-3)9-6-11(14)10-13(16-4)7-5-8-13/h11,14H,5-10H2,1-4H3. The largest absolute Gasteiger partial charge is 0.393 e. The SMILES string of the molecule is COC(C)(C)CCC(O)CC1(OC)CCC1. The van der Waals surface area contributed by atoms with Crippen molar-refractivity contribution in [3.8, 4) is 0 Å². The fraction of sp³-hybridized carbons (Fsp3) is 1.00. The lowest BCUT2D eigenvalue weighted by molar-refractivity contribution is -0.103. The highest BCUT2D eigenvalue weighted by molar-refractivity contribution is 4.91. The second kappa shape index (κ2) is 5.48. The van der Waals surface area contributed by atoms with Gasteiger partial charge in [-0.05, 0) is 46.0 Å². The van der Waals surface area contributed by atoms with Gasteiger partial charge in [-0.1, -0.05) is 0 Å². The lowest BCUT2D eigenvalue weighted by atomic mass is 9.75. The Balaban J connectivity index is 2.27. The summed E-state index contributed by atoms with van der Waals surface area (Å²) < 4.78 is 10.9. The van der Waals surface area contributed by atoms with E-state index in [1.54, 1.807) is 14.2 Å². The molecule has 1 rings (SSSR count). The van der Waals surface area contributed by atoms with Crippen molar-refractivity contribution in [2.24, 2.45) is 0 Å². The zero-order valence-corrected chi connectivity index (χ0v) is 11.1. The van der Waals surface area contributed by atoms with Crippen LogP contribution in [0, 0.1) is 0 Å². The minimum absolute atomic E-state index is 0.0311. The summed E-state index contributed by atoms with van der Waals surface area (Å²) in [4.78, 5) is 0. The van der Waals surface area contributed by atoms with Crippen LogP contribution in [0.5, 0.6) is 0 Å². The molecule has 1 unspecified atom stereocenters. The summed E-state index contributed by atoms with van der Waals surface area (Å²) >= 11 is 0. The summed E-state index contributed by atoms with van der Waals surface area (Å²) in [6, 6.07) is 0. The summed E-state index contributed by atoms with van der Waals surface area (Å²) in [5, 5.41) is 10.0. The predicted molar refractivity (Wildman–Crippen MR) is 64.5 cm³/mol. The van der Waals surface area contributed by atoms with Crippen LogP contribution in [-0.2, 0) is 9.47 Å². The maximum Gasteiger partial charge on any atom is 0.0703 e. The summed E-state index contributed by atoms with van der Waals surface area (Å²) in [7, 11) is 3.47. The Kier molecular flexibility index (Phi) is 4.77. The van der Waals surface area contributed by atoms with Gasteiger partial charge in [-0.2, -0.15) is 0 Å². The van der Waals surface area contributed by atoms with Crippen LogP contribution < -0.4 is 0 Å². The van der Waals surface area contributed by atoms with Crippen molar-refractivity contribution in [1.82, 2.24) is 0 Å². The second-order valence-corrected chi connectivity index (χ2v) is 5.60. The van der Waals surface area contributed by atoms with Gasteiger partial charge < -0.3 is 14.6 Å². The maximum atomic E-state index is 10.0. The van der Waals surface area contributed by atoms with Gasteiger partial charge in [-0.25, -0.2) is 0 Å². The van der Waals surface area contributed by atoms with Crippen molar-refractivity contribution < 1.29 is 14.6 Å². The summed E-state index contributed by atoms with van der Waals surface area (Å²) in [5.41, 5.74) is -0.169. The van der Waals surface area contributed by atoms with Gasteiger partial charge in [0, 0.05) is 20.6 Å². The van der Waals surface area contributed by atoms with Crippen LogP contribution in [0.2, 0.25) is 0 Å². The molecule has 1 fully saturated rings. The van der Waals surface area contributed by atoms with E-state index in [0.29, 0.717) is 0 Å². The molecule has 0 radical (unpaired) electrons. The fourth-order valence-electron chi connectivity index (χ4n) is 2.21. The molecule has 0 amide bonds. The van der Waals surface area contributed by atoms with Crippen molar-refractivity contribution in [2.75, 3.05) is 14.2 Å². The number of methoxy groups -OCH3 is 2. The highest BCUT2D eigenvalue weighted by Crippen LogP contribution is 2.39. The first kappa shape index (κ1) is 13.9. The average Bonchev–Trinajstić information content (AvgIpc) is 2.21. The lowest BCUT2D eigenvalue weighted by Crippen LogP contribution is -2.42. The van der Waals surface area contributed by atoms with Gasteiger partial charge in [-0.3, -0.25) is 0 Å². The third kappa shape index (κ3) is 3.72. The van der Waals surface area contributed by atoms with Gasteiger partial charge in [0.1, 0.15) is 0 Å². The molecular formula is C13H26O3. The number of hydrogen-bond donors (Lipinski definition) is 1. The lowest BCUT2D eigenvalue weighted by Gasteiger charge is -2.42. The third-order valence-electron chi connectivity index (χ3n) is 3.94. The average molecular weight is 230 g/mol. The van der Waals surface area contributed by atoms with Crippen molar-refractivity contribution in [3.05, 3.63) is 0 Å². The van der Waals surface area contributed by atoms with Gasteiger partial charge >= 0.3 is 0 Å². The third-order valence-corrected chi connectivity index (χ3v) is 3.94. The Morgan fingerprint density at radius 2 is 1.94 bits per heavy atom. The normalized spacial score (nSPS) is 21.6. The number of aliphatic hydroxyl groups excluding tert-OH is 1. The molecule has 1 N–H and O–H groups in total. The Hall–Kier alpha value is -0.120. The quantitative estimate of drug-likeness (QED) is 0.730. The van der Waals surface area contributed by atoms with Crippen LogP contribution in [0.25, 0.3) is 0 Å². The second-order valence-electron chi connectivity index (χ2n) is 5.60. The van der Waals surface area contributed by atoms with Crippen LogP contribution in [0.1, 0.15) is 52.4 Å². The van der Waals surface area contributed by atoms with E-state index in [0.717, 1.165) is 32.1 Å². The molecule has 1 atom stereocenters. The first-order valence-corrected chi connectivity index (χ1v) is 6.21. The fourth-order valence-corrected chi connectivity index (χ4v) is 2.21. The minimum atomic E-state index is -0.269. The molecule has 1 aliphatic carbocycles. The molecule has 0 aromatic heterocycles. The van der Waals surface area contributed by atoms with Crippen LogP contribution in [0.3, 0.4) is 0 Å². The highest BCUT2D eigenvalue weighted by Gasteiger charge is 2.38. The van der Waals surface area contributed by atoms with E-state index < -0.39 is 0 Å². The number of hydrogen-bond acceptors (Lipinski definition) is 3. The summed E-state index contributed by atoms with van der Waals surface area (Å²) in [6.45, 7) is 4.10. The predicted octanol–water partition coefficient (Wildman–Crippen LogP) is 2.51. The van der Waals surface area contributed by atoms with Gasteiger partial charge in [0.2, 0.25) is 0 Å². The number of rotatable bonds is 7. The molecule has 0 aliphatic heterocycles. The molecule has 0 aromatic rings. The van der Waals surface area contributed by atoms with Crippen LogP contribution >= 0.6 is 0 Å². The smallest absolute Gasteiger partial charge is 0.0703 e. The van der Waals surface area contributed by atoms with E-state index in [-0.39, 0.29) is 17.3 Å². The molecule has 0 saturated heterocycles. The van der Waals surface area contributed by atoms with Gasteiger partial charge in [0.25, 0.3) is 0 Å². The molecule has 0 bridgehead atoms. The Labute approximate surface area is 99.1 Å². The minimum Gasteiger partial charge on any atom is -0.393 e. The summed E-state index contributed by atoms with van der Waals surface area (Å²) in [6.07, 6.45) is 5.57. The highest BCUT2D eigenvalue weighted by atomic mass is 16.5. The van der Waals surface area contributed by atoms with E-state index in [9.17, 15) is 5.11 Å². The van der Waals surface area contributed by atoms with Crippen LogP contribution in [0.4, 0.5) is 0 Å².